The number of benzene rings is 8. The van der Waals surface area contributed by atoms with Gasteiger partial charge in [-0.15, -0.1) is 11.3 Å². The Morgan fingerprint density at radius 1 is 0.321 bits per heavy atom. The lowest BCUT2D eigenvalue weighted by Gasteiger charge is -2.14. The molecular weight excluding hydrogens is 701 g/mol. The van der Waals surface area contributed by atoms with Gasteiger partial charge in [-0.25, -0.2) is 15.0 Å². The summed E-state index contributed by atoms with van der Waals surface area (Å²) in [4.78, 5) is 15.5. The van der Waals surface area contributed by atoms with Crippen LogP contribution in [0.5, 0.6) is 0 Å². The zero-order chi connectivity index (χ0) is 37.0. The zero-order valence-electron chi connectivity index (χ0n) is 30.2. The maximum absolute atomic E-state index is 5.25. The SMILES string of the molecule is c1ccc(-c2cccc(-c3nc(-c4ccccc4)nc(-c4cc(-c5ccccc5)cc(-n5c6ccccc6c6c7c(ccc65)sc5ccccc57)c4)n3)c2)cc1. The molecule has 0 radical (unpaired) electrons. The molecule has 11 aromatic rings. The molecule has 4 nitrogen and oxygen atoms in total. The zero-order valence-corrected chi connectivity index (χ0v) is 31.0. The molecule has 0 spiro atoms. The van der Waals surface area contributed by atoms with Gasteiger partial charge < -0.3 is 4.57 Å². The Kier molecular flexibility index (Phi) is 7.64. The summed E-state index contributed by atoms with van der Waals surface area (Å²) in [6.45, 7) is 0. The number of aromatic nitrogens is 4. The van der Waals surface area contributed by atoms with Gasteiger partial charge in [-0.2, -0.15) is 0 Å². The number of para-hydroxylation sites is 1. The predicted octanol–water partition coefficient (Wildman–Crippen LogP) is 13.7. The lowest BCUT2D eigenvalue weighted by molar-refractivity contribution is 1.07. The van der Waals surface area contributed by atoms with E-state index < -0.39 is 0 Å². The van der Waals surface area contributed by atoms with Crippen molar-refractivity contribution in [1.29, 1.82) is 0 Å². The summed E-state index contributed by atoms with van der Waals surface area (Å²) in [5, 5.41) is 5.11. The van der Waals surface area contributed by atoms with E-state index >= 15 is 0 Å². The first-order valence-electron chi connectivity index (χ1n) is 18.8. The molecule has 0 atom stereocenters. The molecule has 3 heterocycles. The molecule has 0 saturated carbocycles. The standard InChI is InChI=1S/C51H32N4S/c1-4-15-33(16-5-1)36-21-14-22-37(29-36)50-52-49(35-19-8-3-9-20-35)53-51(54-50)39-30-38(34-17-6-2-7-18-34)31-40(32-39)55-43-25-12-10-23-41(43)47-44(55)27-28-46-48(47)42-24-11-13-26-45(42)56-46/h1-32H. The lowest BCUT2D eigenvalue weighted by Crippen LogP contribution is -2.02. The van der Waals surface area contributed by atoms with E-state index in [9.17, 15) is 0 Å². The van der Waals surface area contributed by atoms with Crippen molar-refractivity contribution in [3.63, 3.8) is 0 Å². The van der Waals surface area contributed by atoms with Crippen LogP contribution in [0.15, 0.2) is 194 Å². The summed E-state index contributed by atoms with van der Waals surface area (Å²) in [5.41, 5.74) is 10.6. The van der Waals surface area contributed by atoms with E-state index in [0.29, 0.717) is 17.5 Å². The molecular formula is C51H32N4S. The van der Waals surface area contributed by atoms with Crippen molar-refractivity contribution in [2.45, 2.75) is 0 Å². The molecule has 5 heteroatoms. The van der Waals surface area contributed by atoms with E-state index in [4.69, 9.17) is 15.0 Å². The fraction of sp³-hybridized carbons (Fsp3) is 0. The second-order valence-electron chi connectivity index (χ2n) is 14.0. The summed E-state index contributed by atoms with van der Waals surface area (Å²) in [5.74, 6) is 1.87. The fourth-order valence-corrected chi connectivity index (χ4v) is 9.15. The van der Waals surface area contributed by atoms with Crippen LogP contribution in [0.4, 0.5) is 0 Å². The first-order valence-corrected chi connectivity index (χ1v) is 19.6. The number of hydrogen-bond acceptors (Lipinski definition) is 4. The molecule has 0 amide bonds. The molecule has 0 saturated heterocycles. The minimum atomic E-state index is 0.616. The van der Waals surface area contributed by atoms with Gasteiger partial charge in [0.25, 0.3) is 0 Å². The molecule has 8 aromatic carbocycles. The Morgan fingerprint density at radius 2 is 0.857 bits per heavy atom. The van der Waals surface area contributed by atoms with Crippen molar-refractivity contribution in [3.05, 3.63) is 194 Å². The van der Waals surface area contributed by atoms with Crippen LogP contribution in [0.1, 0.15) is 0 Å². The third-order valence-corrected chi connectivity index (χ3v) is 11.7. The van der Waals surface area contributed by atoms with Gasteiger partial charge in [0.05, 0.1) is 11.0 Å². The highest BCUT2D eigenvalue weighted by Crippen LogP contribution is 2.44. The van der Waals surface area contributed by atoms with Crippen molar-refractivity contribution in [2.75, 3.05) is 0 Å². The molecule has 0 aliphatic rings. The largest absolute Gasteiger partial charge is 0.309 e. The molecule has 11 rings (SSSR count). The van der Waals surface area contributed by atoms with Crippen LogP contribution in [0, 0.1) is 0 Å². The molecule has 262 valence electrons. The normalized spacial score (nSPS) is 11.6. The Bertz CT molecular complexity index is 3240. The average Bonchev–Trinajstić information content (AvgIpc) is 3.83. The van der Waals surface area contributed by atoms with E-state index in [1.54, 1.807) is 0 Å². The highest BCUT2D eigenvalue weighted by molar-refractivity contribution is 7.26. The Morgan fingerprint density at radius 3 is 1.61 bits per heavy atom. The number of nitrogens with zero attached hydrogens (tertiary/aromatic N) is 4. The quantitative estimate of drug-likeness (QED) is 0.171. The monoisotopic (exact) mass is 732 g/mol. The van der Waals surface area contributed by atoms with Gasteiger partial charge in [-0.05, 0) is 70.8 Å². The second kappa shape index (κ2) is 13.3. The van der Waals surface area contributed by atoms with Crippen LogP contribution >= 0.6 is 11.3 Å². The summed E-state index contributed by atoms with van der Waals surface area (Å²) in [7, 11) is 0. The van der Waals surface area contributed by atoms with Crippen LogP contribution in [-0.2, 0) is 0 Å². The third-order valence-electron chi connectivity index (χ3n) is 10.6. The molecule has 0 N–H and O–H groups in total. The van der Waals surface area contributed by atoms with Crippen LogP contribution in [-0.4, -0.2) is 19.5 Å². The van der Waals surface area contributed by atoms with E-state index in [1.807, 2.05) is 35.6 Å². The topological polar surface area (TPSA) is 43.6 Å². The van der Waals surface area contributed by atoms with Gasteiger partial charge in [0.15, 0.2) is 17.5 Å². The number of rotatable bonds is 6. The molecule has 0 unspecified atom stereocenters. The van der Waals surface area contributed by atoms with Gasteiger partial charge in [0.2, 0.25) is 0 Å². The maximum atomic E-state index is 5.25. The summed E-state index contributed by atoms with van der Waals surface area (Å²) >= 11 is 1.86. The number of thiophene rings is 1. The first kappa shape index (κ1) is 32.2. The lowest BCUT2D eigenvalue weighted by atomic mass is 10.0. The highest BCUT2D eigenvalue weighted by Gasteiger charge is 2.20. The first-order chi connectivity index (χ1) is 27.7. The van der Waals surface area contributed by atoms with Gasteiger partial charge in [0.1, 0.15) is 0 Å². The van der Waals surface area contributed by atoms with Gasteiger partial charge in [-0.1, -0.05) is 146 Å². The van der Waals surface area contributed by atoms with Crippen LogP contribution in [0.3, 0.4) is 0 Å². The average molecular weight is 733 g/mol. The van der Waals surface area contributed by atoms with E-state index in [0.717, 1.165) is 55.7 Å². The van der Waals surface area contributed by atoms with Crippen molar-refractivity contribution in [1.82, 2.24) is 19.5 Å². The Labute approximate surface area is 327 Å². The maximum Gasteiger partial charge on any atom is 0.164 e. The number of hydrogen-bond donors (Lipinski definition) is 0. The minimum Gasteiger partial charge on any atom is -0.309 e. The summed E-state index contributed by atoms with van der Waals surface area (Å²) in [6.07, 6.45) is 0. The molecule has 0 aliphatic heterocycles. The van der Waals surface area contributed by atoms with Crippen molar-refractivity contribution < 1.29 is 0 Å². The second-order valence-corrected chi connectivity index (χ2v) is 15.1. The minimum absolute atomic E-state index is 0.616. The highest BCUT2D eigenvalue weighted by atomic mass is 32.1. The molecule has 0 fully saturated rings. The summed E-state index contributed by atoms with van der Waals surface area (Å²) < 4.78 is 5.01. The van der Waals surface area contributed by atoms with Gasteiger partial charge in [-0.3, -0.25) is 0 Å². The van der Waals surface area contributed by atoms with Gasteiger partial charge >= 0.3 is 0 Å². The fourth-order valence-electron chi connectivity index (χ4n) is 8.04. The number of fused-ring (bicyclic) bond motifs is 7. The van der Waals surface area contributed by atoms with Crippen LogP contribution in [0.25, 0.3) is 104 Å². The summed E-state index contributed by atoms with van der Waals surface area (Å²) in [6, 6.07) is 68.5. The predicted molar refractivity (Wildman–Crippen MR) is 234 cm³/mol. The third kappa shape index (κ3) is 5.48. The molecule has 56 heavy (non-hydrogen) atoms. The van der Waals surface area contributed by atoms with Crippen molar-refractivity contribution in [2.24, 2.45) is 0 Å². The Hall–Kier alpha value is -7.21. The van der Waals surface area contributed by atoms with E-state index in [-0.39, 0.29) is 0 Å². The van der Waals surface area contributed by atoms with Gasteiger partial charge in [0, 0.05) is 53.3 Å². The van der Waals surface area contributed by atoms with Crippen LogP contribution in [0.2, 0.25) is 0 Å². The molecule has 0 bridgehead atoms. The molecule has 0 aliphatic carbocycles. The van der Waals surface area contributed by atoms with Crippen LogP contribution < -0.4 is 0 Å². The van der Waals surface area contributed by atoms with Crippen molar-refractivity contribution in [3.8, 4) is 62.1 Å². The van der Waals surface area contributed by atoms with E-state index in [2.05, 4.69) is 174 Å². The smallest absolute Gasteiger partial charge is 0.164 e. The van der Waals surface area contributed by atoms with Crippen molar-refractivity contribution >= 4 is 53.3 Å². The van der Waals surface area contributed by atoms with E-state index in [1.165, 1.54) is 30.9 Å². The Balaban J connectivity index is 1.18. The molecule has 3 aromatic heterocycles.